The third-order valence-corrected chi connectivity index (χ3v) is 3.26. The van der Waals surface area contributed by atoms with E-state index in [0.717, 1.165) is 11.0 Å². The Labute approximate surface area is 126 Å². The molecule has 2 aromatic carbocycles. The van der Waals surface area contributed by atoms with E-state index >= 15 is 0 Å². The van der Waals surface area contributed by atoms with Crippen molar-refractivity contribution < 1.29 is 14.3 Å². The lowest BCUT2D eigenvalue weighted by molar-refractivity contribution is -0.255. The number of anilines is 1. The molecule has 5 heteroatoms. The summed E-state index contributed by atoms with van der Waals surface area (Å²) in [7, 11) is 0. The third-order valence-electron chi connectivity index (χ3n) is 3.26. The number of fused-ring (bicyclic) bond motifs is 1. The average Bonchev–Trinajstić information content (AvgIpc) is 2.97. The van der Waals surface area contributed by atoms with Gasteiger partial charge in [0, 0.05) is 5.39 Å². The van der Waals surface area contributed by atoms with Gasteiger partial charge >= 0.3 is 0 Å². The number of hydrogen-bond donors (Lipinski definition) is 1. The number of hydrogen-bond acceptors (Lipinski definition) is 5. The summed E-state index contributed by atoms with van der Waals surface area (Å²) in [5.74, 6) is -0.520. The standard InChI is InChI=1S/C17H14N2O3/c1-11(16-10-13-4-2-3-5-15(13)22-16)18-19-14-8-6-12(7-9-14)17(20)21/h2-10,19H,1H3,(H,20,21)/p-1/b18-11-. The largest absolute Gasteiger partial charge is 0.545 e. The van der Waals surface area contributed by atoms with Crippen LogP contribution in [0.5, 0.6) is 0 Å². The number of benzene rings is 2. The number of aromatic carboxylic acids is 1. The Morgan fingerprint density at radius 1 is 1.14 bits per heavy atom. The van der Waals surface area contributed by atoms with Crippen molar-refractivity contribution in [2.24, 2.45) is 5.10 Å². The van der Waals surface area contributed by atoms with Crippen LogP contribution in [0.4, 0.5) is 5.69 Å². The van der Waals surface area contributed by atoms with E-state index in [9.17, 15) is 9.90 Å². The first-order valence-electron chi connectivity index (χ1n) is 6.74. The number of furan rings is 1. The lowest BCUT2D eigenvalue weighted by Crippen LogP contribution is -2.21. The van der Waals surface area contributed by atoms with Gasteiger partial charge in [-0.05, 0) is 36.8 Å². The van der Waals surface area contributed by atoms with Gasteiger partial charge in [-0.25, -0.2) is 0 Å². The van der Waals surface area contributed by atoms with Crippen LogP contribution >= 0.6 is 0 Å². The number of carbonyl (C=O) groups is 1. The van der Waals surface area contributed by atoms with Gasteiger partial charge in [0.2, 0.25) is 0 Å². The summed E-state index contributed by atoms with van der Waals surface area (Å²) in [6.07, 6.45) is 0. The highest BCUT2D eigenvalue weighted by Crippen LogP contribution is 2.19. The number of nitrogens with zero attached hydrogens (tertiary/aromatic N) is 1. The summed E-state index contributed by atoms with van der Waals surface area (Å²) in [4.78, 5) is 10.7. The van der Waals surface area contributed by atoms with Gasteiger partial charge in [-0.2, -0.15) is 5.10 Å². The molecular weight excluding hydrogens is 280 g/mol. The van der Waals surface area contributed by atoms with Crippen molar-refractivity contribution in [2.75, 3.05) is 5.43 Å². The first-order chi connectivity index (χ1) is 10.6. The molecule has 1 heterocycles. The molecule has 3 rings (SSSR count). The van der Waals surface area contributed by atoms with Gasteiger partial charge < -0.3 is 14.3 Å². The Kier molecular flexibility index (Phi) is 3.62. The Morgan fingerprint density at radius 2 is 1.86 bits per heavy atom. The third kappa shape index (κ3) is 2.83. The van der Waals surface area contributed by atoms with Gasteiger partial charge in [0.05, 0.1) is 11.7 Å². The smallest absolute Gasteiger partial charge is 0.151 e. The van der Waals surface area contributed by atoms with E-state index in [0.29, 0.717) is 17.2 Å². The molecule has 110 valence electrons. The van der Waals surface area contributed by atoms with E-state index in [4.69, 9.17) is 4.42 Å². The number of para-hydroxylation sites is 1. The van der Waals surface area contributed by atoms with Crippen LogP contribution in [-0.4, -0.2) is 11.7 Å². The minimum absolute atomic E-state index is 0.128. The fraction of sp³-hybridized carbons (Fsp3) is 0.0588. The molecule has 0 radical (unpaired) electrons. The molecule has 0 bridgehead atoms. The highest BCUT2D eigenvalue weighted by atomic mass is 16.4. The number of carboxylic acids is 1. The van der Waals surface area contributed by atoms with Crippen LogP contribution in [-0.2, 0) is 0 Å². The van der Waals surface area contributed by atoms with Crippen LogP contribution in [0, 0.1) is 0 Å². The van der Waals surface area contributed by atoms with Crippen molar-refractivity contribution in [2.45, 2.75) is 6.92 Å². The average molecular weight is 293 g/mol. The molecule has 0 aliphatic carbocycles. The van der Waals surface area contributed by atoms with Crippen molar-refractivity contribution >= 4 is 28.3 Å². The Morgan fingerprint density at radius 3 is 2.55 bits per heavy atom. The summed E-state index contributed by atoms with van der Waals surface area (Å²) < 4.78 is 5.71. The summed E-state index contributed by atoms with van der Waals surface area (Å²) in [5.41, 5.74) is 5.18. The fourth-order valence-corrected chi connectivity index (χ4v) is 2.04. The minimum atomic E-state index is -1.20. The first kappa shape index (κ1) is 13.9. The number of carboxylic acid groups (broad SMARTS) is 1. The van der Waals surface area contributed by atoms with Crippen LogP contribution in [0.1, 0.15) is 23.0 Å². The maximum atomic E-state index is 10.7. The molecule has 0 atom stereocenters. The molecule has 0 saturated heterocycles. The molecule has 0 spiro atoms. The minimum Gasteiger partial charge on any atom is -0.545 e. The molecule has 22 heavy (non-hydrogen) atoms. The molecule has 0 aliphatic heterocycles. The zero-order chi connectivity index (χ0) is 15.5. The Bertz CT molecular complexity index is 815. The van der Waals surface area contributed by atoms with E-state index in [1.54, 1.807) is 12.1 Å². The van der Waals surface area contributed by atoms with Gasteiger partial charge in [-0.3, -0.25) is 5.43 Å². The maximum Gasteiger partial charge on any atom is 0.151 e. The molecule has 0 unspecified atom stereocenters. The van der Waals surface area contributed by atoms with E-state index in [1.807, 2.05) is 37.3 Å². The van der Waals surface area contributed by atoms with Gasteiger partial charge in [-0.1, -0.05) is 30.3 Å². The van der Waals surface area contributed by atoms with E-state index in [1.165, 1.54) is 12.1 Å². The van der Waals surface area contributed by atoms with E-state index < -0.39 is 5.97 Å². The summed E-state index contributed by atoms with van der Waals surface area (Å²) in [6.45, 7) is 1.83. The second-order valence-corrected chi connectivity index (χ2v) is 4.82. The highest BCUT2D eigenvalue weighted by molar-refractivity contribution is 6.00. The number of carbonyl (C=O) groups excluding carboxylic acids is 1. The van der Waals surface area contributed by atoms with Crippen LogP contribution < -0.4 is 10.5 Å². The zero-order valence-electron chi connectivity index (χ0n) is 11.9. The van der Waals surface area contributed by atoms with Gasteiger partial charge in [0.15, 0.2) is 5.76 Å². The van der Waals surface area contributed by atoms with Crippen molar-refractivity contribution in [3.05, 3.63) is 65.9 Å². The van der Waals surface area contributed by atoms with Crippen LogP contribution in [0.3, 0.4) is 0 Å². The zero-order valence-corrected chi connectivity index (χ0v) is 11.9. The predicted octanol–water partition coefficient (Wildman–Crippen LogP) is 2.63. The van der Waals surface area contributed by atoms with Crippen LogP contribution in [0.2, 0.25) is 0 Å². The highest BCUT2D eigenvalue weighted by Gasteiger charge is 2.05. The Hall–Kier alpha value is -3.08. The van der Waals surface area contributed by atoms with Crippen molar-refractivity contribution in [3.63, 3.8) is 0 Å². The van der Waals surface area contributed by atoms with Crippen molar-refractivity contribution in [1.29, 1.82) is 0 Å². The summed E-state index contributed by atoms with van der Waals surface area (Å²) >= 11 is 0. The molecule has 3 aromatic rings. The quantitative estimate of drug-likeness (QED) is 0.592. The lowest BCUT2D eigenvalue weighted by Gasteiger charge is -2.04. The molecule has 0 saturated carbocycles. The summed E-state index contributed by atoms with van der Waals surface area (Å²) in [5, 5.41) is 15.9. The van der Waals surface area contributed by atoms with E-state index in [2.05, 4.69) is 10.5 Å². The van der Waals surface area contributed by atoms with Crippen LogP contribution in [0.25, 0.3) is 11.0 Å². The summed E-state index contributed by atoms with van der Waals surface area (Å²) in [6, 6.07) is 15.8. The van der Waals surface area contributed by atoms with Gasteiger partial charge in [0.1, 0.15) is 11.3 Å². The van der Waals surface area contributed by atoms with Crippen molar-refractivity contribution in [3.8, 4) is 0 Å². The Balaban J connectivity index is 1.77. The molecule has 1 aromatic heterocycles. The SMILES string of the molecule is C/C(=N/Nc1ccc(C(=O)[O-])cc1)c1cc2ccccc2o1. The normalized spacial score (nSPS) is 11.6. The van der Waals surface area contributed by atoms with Gasteiger partial charge in [0.25, 0.3) is 0 Å². The number of nitrogens with one attached hydrogen (secondary N) is 1. The number of hydrazone groups is 1. The molecule has 0 aliphatic rings. The second-order valence-electron chi connectivity index (χ2n) is 4.82. The number of rotatable bonds is 4. The predicted molar refractivity (Wildman–Crippen MR) is 82.8 cm³/mol. The van der Waals surface area contributed by atoms with Gasteiger partial charge in [-0.15, -0.1) is 0 Å². The second kappa shape index (κ2) is 5.73. The topological polar surface area (TPSA) is 77.7 Å². The molecular formula is C17H13N2O3-. The molecule has 1 N–H and O–H groups in total. The monoisotopic (exact) mass is 293 g/mol. The van der Waals surface area contributed by atoms with Crippen LogP contribution in [0.15, 0.2) is 64.1 Å². The fourth-order valence-electron chi connectivity index (χ4n) is 2.04. The van der Waals surface area contributed by atoms with E-state index in [-0.39, 0.29) is 5.56 Å². The molecule has 0 amide bonds. The lowest BCUT2D eigenvalue weighted by atomic mass is 10.2. The van der Waals surface area contributed by atoms with Crippen molar-refractivity contribution in [1.82, 2.24) is 0 Å². The first-order valence-corrected chi connectivity index (χ1v) is 6.74. The maximum absolute atomic E-state index is 10.7. The molecule has 5 nitrogen and oxygen atoms in total. The molecule has 0 fully saturated rings.